The Labute approximate surface area is 148 Å². The maximum Gasteiger partial charge on any atom is 0.338 e. The number of rotatable bonds is 3. The summed E-state index contributed by atoms with van der Waals surface area (Å²) in [4.78, 5) is 24.2. The smallest absolute Gasteiger partial charge is 0.338 e. The number of hydrogen-bond donors (Lipinski definition) is 0. The number of esters is 1. The second kappa shape index (κ2) is 6.22. The quantitative estimate of drug-likeness (QED) is 0.530. The van der Waals surface area contributed by atoms with E-state index in [2.05, 4.69) is 0 Å². The van der Waals surface area contributed by atoms with Crippen LogP contribution < -0.4 is 15.1 Å². The van der Waals surface area contributed by atoms with Crippen molar-refractivity contribution in [2.45, 2.75) is 20.5 Å². The van der Waals surface area contributed by atoms with Gasteiger partial charge in [-0.05, 0) is 43.2 Å². The molecule has 26 heavy (non-hydrogen) atoms. The monoisotopic (exact) mass is 352 g/mol. The number of hydrogen-bond acceptors (Lipinski definition) is 6. The number of aryl methyl sites for hydroxylation is 2. The molecular weight excluding hydrogens is 336 g/mol. The third-order valence-corrected chi connectivity index (χ3v) is 4.48. The summed E-state index contributed by atoms with van der Waals surface area (Å²) in [6.07, 6.45) is 0. The molecule has 0 saturated heterocycles. The van der Waals surface area contributed by atoms with Crippen LogP contribution in [-0.4, -0.2) is 12.8 Å². The molecule has 0 unspecified atom stereocenters. The van der Waals surface area contributed by atoms with Gasteiger partial charge in [-0.1, -0.05) is 12.1 Å². The standard InChI is InChI=1S/C20H16O6/c1-11-3-5-15-14(8-18(21)26-19(15)12(11)2)9-23-20(22)13-4-6-16-17(7-13)25-10-24-16/h3-8H,9-10H2,1-2H3. The third-order valence-electron chi connectivity index (χ3n) is 4.48. The normalized spacial score (nSPS) is 12.4. The molecule has 0 aliphatic carbocycles. The van der Waals surface area contributed by atoms with Gasteiger partial charge in [-0.15, -0.1) is 0 Å². The minimum absolute atomic E-state index is 0.0299. The van der Waals surface area contributed by atoms with E-state index in [-0.39, 0.29) is 13.4 Å². The Kier molecular flexibility index (Phi) is 3.88. The summed E-state index contributed by atoms with van der Waals surface area (Å²) in [6.45, 7) is 3.94. The Balaban J connectivity index is 1.61. The highest BCUT2D eigenvalue weighted by Gasteiger charge is 2.18. The average Bonchev–Trinajstić information content (AvgIpc) is 3.10. The van der Waals surface area contributed by atoms with Crippen LogP contribution in [0, 0.1) is 13.8 Å². The molecule has 1 aliphatic heterocycles. The lowest BCUT2D eigenvalue weighted by Crippen LogP contribution is -2.08. The number of fused-ring (bicyclic) bond motifs is 2. The zero-order valence-corrected chi connectivity index (χ0v) is 14.3. The van der Waals surface area contributed by atoms with Gasteiger partial charge in [-0.3, -0.25) is 0 Å². The maximum atomic E-state index is 12.3. The molecule has 3 aromatic rings. The Bertz CT molecular complexity index is 1080. The van der Waals surface area contributed by atoms with Crippen LogP contribution in [0.1, 0.15) is 27.0 Å². The molecule has 6 heteroatoms. The molecule has 1 aromatic heterocycles. The molecule has 2 heterocycles. The molecule has 0 bridgehead atoms. The van der Waals surface area contributed by atoms with Crippen LogP contribution in [0.2, 0.25) is 0 Å². The van der Waals surface area contributed by atoms with Gasteiger partial charge in [-0.25, -0.2) is 9.59 Å². The predicted octanol–water partition coefficient (Wildman–Crippen LogP) is 3.50. The molecule has 0 radical (unpaired) electrons. The molecule has 0 N–H and O–H groups in total. The highest BCUT2D eigenvalue weighted by molar-refractivity contribution is 5.90. The fourth-order valence-corrected chi connectivity index (χ4v) is 2.89. The van der Waals surface area contributed by atoms with Crippen LogP contribution in [0.25, 0.3) is 11.0 Å². The van der Waals surface area contributed by atoms with Crippen LogP contribution >= 0.6 is 0 Å². The van der Waals surface area contributed by atoms with Gasteiger partial charge >= 0.3 is 11.6 Å². The van der Waals surface area contributed by atoms with E-state index in [1.165, 1.54) is 6.07 Å². The summed E-state index contributed by atoms with van der Waals surface area (Å²) in [7, 11) is 0. The molecular formula is C20H16O6. The highest BCUT2D eigenvalue weighted by atomic mass is 16.7. The maximum absolute atomic E-state index is 12.3. The van der Waals surface area contributed by atoms with Gasteiger partial charge in [-0.2, -0.15) is 0 Å². The minimum atomic E-state index is -0.506. The lowest BCUT2D eigenvalue weighted by atomic mass is 10.0. The zero-order valence-electron chi connectivity index (χ0n) is 14.3. The fraction of sp³-hybridized carbons (Fsp3) is 0.200. The van der Waals surface area contributed by atoms with Crippen LogP contribution in [0.5, 0.6) is 11.5 Å². The van der Waals surface area contributed by atoms with E-state index >= 15 is 0 Å². The van der Waals surface area contributed by atoms with E-state index in [0.717, 1.165) is 16.5 Å². The number of benzene rings is 2. The number of carbonyl (C=O) groups is 1. The first-order valence-electron chi connectivity index (χ1n) is 8.12. The van der Waals surface area contributed by atoms with Gasteiger partial charge in [0.1, 0.15) is 12.2 Å². The van der Waals surface area contributed by atoms with Crippen molar-refractivity contribution < 1.29 is 23.4 Å². The van der Waals surface area contributed by atoms with E-state index in [1.807, 2.05) is 26.0 Å². The Morgan fingerprint density at radius 1 is 1.08 bits per heavy atom. The lowest BCUT2D eigenvalue weighted by Gasteiger charge is -2.10. The molecule has 0 fully saturated rings. The second-order valence-electron chi connectivity index (χ2n) is 6.12. The van der Waals surface area contributed by atoms with Crippen LogP contribution in [-0.2, 0) is 11.3 Å². The first-order chi connectivity index (χ1) is 12.5. The highest BCUT2D eigenvalue weighted by Crippen LogP contribution is 2.32. The van der Waals surface area contributed by atoms with Crippen molar-refractivity contribution in [3.05, 3.63) is 69.1 Å². The topological polar surface area (TPSA) is 75.0 Å². The summed E-state index contributed by atoms with van der Waals surface area (Å²) in [5.41, 5.74) is 2.92. The average molecular weight is 352 g/mol. The van der Waals surface area contributed by atoms with Crippen LogP contribution in [0.3, 0.4) is 0 Å². The largest absolute Gasteiger partial charge is 0.457 e. The van der Waals surface area contributed by atoms with Gasteiger partial charge in [0, 0.05) is 17.0 Å². The van der Waals surface area contributed by atoms with Crippen LogP contribution in [0.15, 0.2) is 45.6 Å². The summed E-state index contributed by atoms with van der Waals surface area (Å²) < 4.78 is 21.2. The van der Waals surface area contributed by atoms with Crippen molar-refractivity contribution in [3.63, 3.8) is 0 Å². The van der Waals surface area contributed by atoms with E-state index < -0.39 is 11.6 Å². The van der Waals surface area contributed by atoms with Gasteiger partial charge in [0.25, 0.3) is 0 Å². The van der Waals surface area contributed by atoms with Crippen molar-refractivity contribution >= 4 is 16.9 Å². The number of ether oxygens (including phenoxy) is 3. The predicted molar refractivity (Wildman–Crippen MR) is 93.6 cm³/mol. The summed E-state index contributed by atoms with van der Waals surface area (Å²) >= 11 is 0. The van der Waals surface area contributed by atoms with Crippen molar-refractivity contribution in [2.75, 3.05) is 6.79 Å². The Morgan fingerprint density at radius 3 is 2.73 bits per heavy atom. The Morgan fingerprint density at radius 2 is 1.88 bits per heavy atom. The zero-order chi connectivity index (χ0) is 18.3. The van der Waals surface area contributed by atoms with Gasteiger partial charge < -0.3 is 18.6 Å². The summed E-state index contributed by atoms with van der Waals surface area (Å²) in [5, 5.41) is 0.756. The summed E-state index contributed by atoms with van der Waals surface area (Å²) in [5.74, 6) is 0.601. The van der Waals surface area contributed by atoms with Crippen molar-refractivity contribution in [3.8, 4) is 11.5 Å². The molecule has 4 rings (SSSR count). The molecule has 132 valence electrons. The molecule has 0 atom stereocenters. The van der Waals surface area contributed by atoms with Crippen molar-refractivity contribution in [1.82, 2.24) is 0 Å². The molecule has 2 aromatic carbocycles. The van der Waals surface area contributed by atoms with Gasteiger partial charge in [0.05, 0.1) is 5.56 Å². The van der Waals surface area contributed by atoms with Crippen molar-refractivity contribution in [1.29, 1.82) is 0 Å². The van der Waals surface area contributed by atoms with E-state index in [4.69, 9.17) is 18.6 Å². The molecule has 6 nitrogen and oxygen atoms in total. The van der Waals surface area contributed by atoms with E-state index in [9.17, 15) is 9.59 Å². The first kappa shape index (κ1) is 16.2. The molecule has 1 aliphatic rings. The first-order valence-corrected chi connectivity index (χ1v) is 8.12. The lowest BCUT2D eigenvalue weighted by molar-refractivity contribution is 0.0473. The third kappa shape index (κ3) is 2.79. The van der Waals surface area contributed by atoms with E-state index in [0.29, 0.717) is 28.2 Å². The van der Waals surface area contributed by atoms with E-state index in [1.54, 1.807) is 18.2 Å². The second-order valence-corrected chi connectivity index (χ2v) is 6.12. The molecule has 0 saturated carbocycles. The van der Waals surface area contributed by atoms with Crippen molar-refractivity contribution in [2.24, 2.45) is 0 Å². The van der Waals surface area contributed by atoms with Crippen LogP contribution in [0.4, 0.5) is 0 Å². The minimum Gasteiger partial charge on any atom is -0.457 e. The summed E-state index contributed by atoms with van der Waals surface area (Å²) in [6, 6.07) is 10.0. The molecule has 0 spiro atoms. The Hall–Kier alpha value is -3.28. The fourth-order valence-electron chi connectivity index (χ4n) is 2.89. The number of carbonyl (C=O) groups excluding carboxylic acids is 1. The van der Waals surface area contributed by atoms with Gasteiger partial charge in [0.15, 0.2) is 11.5 Å². The van der Waals surface area contributed by atoms with Gasteiger partial charge in [0.2, 0.25) is 6.79 Å². The molecule has 0 amide bonds. The SMILES string of the molecule is Cc1ccc2c(COC(=O)c3ccc4c(c3)OCO4)cc(=O)oc2c1C.